The summed E-state index contributed by atoms with van der Waals surface area (Å²) in [5.74, 6) is 1.72. The van der Waals surface area contributed by atoms with Crippen LogP contribution in [0, 0.1) is 13.8 Å². The minimum atomic E-state index is -0.297. The number of hydrazone groups is 1. The van der Waals surface area contributed by atoms with E-state index in [0.717, 1.165) is 53.9 Å². The third kappa shape index (κ3) is 4.46. The van der Waals surface area contributed by atoms with Crippen molar-refractivity contribution in [1.29, 1.82) is 0 Å². The zero-order valence-corrected chi connectivity index (χ0v) is 20.7. The molecule has 2 aliphatic rings. The fourth-order valence-electron chi connectivity index (χ4n) is 5.03. The van der Waals surface area contributed by atoms with Crippen molar-refractivity contribution in [3.63, 3.8) is 0 Å². The Balaban J connectivity index is 1.36. The van der Waals surface area contributed by atoms with Gasteiger partial charge in [0, 0.05) is 12.3 Å². The van der Waals surface area contributed by atoms with E-state index < -0.39 is 0 Å². The molecule has 3 N–H and O–H groups in total. The molecule has 0 bridgehead atoms. The van der Waals surface area contributed by atoms with Crippen molar-refractivity contribution in [2.45, 2.75) is 64.7 Å². The van der Waals surface area contributed by atoms with Gasteiger partial charge in [0.25, 0.3) is 0 Å². The van der Waals surface area contributed by atoms with E-state index in [0.29, 0.717) is 17.9 Å². The van der Waals surface area contributed by atoms with Gasteiger partial charge < -0.3 is 5.11 Å². The van der Waals surface area contributed by atoms with Crippen LogP contribution in [-0.2, 0) is 4.79 Å². The highest BCUT2D eigenvalue weighted by Gasteiger charge is 2.33. The number of phenols is 1. The Morgan fingerprint density at radius 2 is 2.00 bits per heavy atom. The number of amides is 1. The molecule has 186 valence electrons. The SMILES string of the molecule is CCC1=N/C(=N/Nc2cccc(C3CCCC(c4nnn[nH]4)C3)c2O)C(=O)N1c1ccc(C)c(C)c1. The Bertz CT molecular complexity index is 1330. The molecule has 0 radical (unpaired) electrons. The number of aromatic hydroxyl groups is 1. The van der Waals surface area contributed by atoms with Gasteiger partial charge in [0.1, 0.15) is 11.6 Å². The first-order valence-corrected chi connectivity index (χ1v) is 12.3. The number of para-hydroxylation sites is 1. The number of carbonyl (C=O) groups excluding carboxylic acids is 1. The van der Waals surface area contributed by atoms with Gasteiger partial charge in [0.15, 0.2) is 5.82 Å². The van der Waals surface area contributed by atoms with E-state index in [1.165, 1.54) is 0 Å². The number of H-pyrrole nitrogens is 1. The second kappa shape index (κ2) is 9.88. The third-order valence-corrected chi connectivity index (χ3v) is 7.16. The first-order valence-electron chi connectivity index (χ1n) is 12.3. The zero-order valence-electron chi connectivity index (χ0n) is 20.7. The molecule has 1 aliphatic heterocycles. The number of anilines is 2. The summed E-state index contributed by atoms with van der Waals surface area (Å²) < 4.78 is 0. The Hall–Kier alpha value is -4.08. The Labute approximate surface area is 209 Å². The molecule has 2 heterocycles. The maximum atomic E-state index is 13.2. The van der Waals surface area contributed by atoms with E-state index in [1.807, 2.05) is 51.1 Å². The average Bonchev–Trinajstić information content (AvgIpc) is 3.54. The number of nitrogens with one attached hydrogen (secondary N) is 2. The van der Waals surface area contributed by atoms with Gasteiger partial charge in [-0.1, -0.05) is 31.5 Å². The number of aromatic amines is 1. The van der Waals surface area contributed by atoms with Crippen molar-refractivity contribution in [3.05, 3.63) is 58.9 Å². The number of rotatable bonds is 6. The summed E-state index contributed by atoms with van der Waals surface area (Å²) in [4.78, 5) is 19.3. The highest BCUT2D eigenvalue weighted by molar-refractivity contribution is 6.54. The maximum Gasteiger partial charge on any atom is 0.303 e. The highest BCUT2D eigenvalue weighted by Crippen LogP contribution is 2.44. The minimum Gasteiger partial charge on any atom is -0.505 e. The molecule has 2 unspecified atom stereocenters. The van der Waals surface area contributed by atoms with Gasteiger partial charge >= 0.3 is 5.91 Å². The molecular weight excluding hydrogens is 456 g/mol. The maximum absolute atomic E-state index is 13.2. The molecule has 36 heavy (non-hydrogen) atoms. The van der Waals surface area contributed by atoms with Crippen LogP contribution in [0.3, 0.4) is 0 Å². The van der Waals surface area contributed by atoms with Crippen molar-refractivity contribution >= 4 is 29.0 Å². The second-order valence-electron chi connectivity index (χ2n) is 9.43. The molecule has 1 aliphatic carbocycles. The van der Waals surface area contributed by atoms with Crippen LogP contribution in [0.1, 0.15) is 73.4 Å². The van der Waals surface area contributed by atoms with Crippen LogP contribution < -0.4 is 10.3 Å². The summed E-state index contributed by atoms with van der Waals surface area (Å²) in [6.45, 7) is 6.01. The number of aryl methyl sites for hydroxylation is 2. The average molecular weight is 487 g/mol. The predicted octanol–water partition coefficient (Wildman–Crippen LogP) is 4.54. The number of hydrogen-bond acceptors (Lipinski definition) is 7. The number of amidine groups is 2. The molecule has 3 aromatic rings. The summed E-state index contributed by atoms with van der Waals surface area (Å²) in [6, 6.07) is 11.5. The quantitative estimate of drug-likeness (QED) is 0.346. The molecule has 10 heteroatoms. The lowest BCUT2D eigenvalue weighted by Gasteiger charge is -2.28. The molecule has 1 aromatic heterocycles. The molecule has 0 spiro atoms. The number of tetrazole rings is 1. The normalized spacial score (nSPS) is 21.2. The number of aliphatic imine (C=N–C) groups is 1. The number of aromatic nitrogens is 4. The predicted molar refractivity (Wildman–Crippen MR) is 138 cm³/mol. The van der Waals surface area contributed by atoms with E-state index in [4.69, 9.17) is 0 Å². The zero-order chi connectivity index (χ0) is 25.2. The summed E-state index contributed by atoms with van der Waals surface area (Å²) in [5, 5.41) is 29.7. The van der Waals surface area contributed by atoms with Crippen molar-refractivity contribution in [1.82, 2.24) is 20.6 Å². The van der Waals surface area contributed by atoms with Crippen molar-refractivity contribution in [3.8, 4) is 5.75 Å². The van der Waals surface area contributed by atoms with Crippen molar-refractivity contribution in [2.24, 2.45) is 10.1 Å². The van der Waals surface area contributed by atoms with Gasteiger partial charge in [0.05, 0.1) is 11.4 Å². The third-order valence-electron chi connectivity index (χ3n) is 7.16. The largest absolute Gasteiger partial charge is 0.505 e. The van der Waals surface area contributed by atoms with Gasteiger partial charge in [0.2, 0.25) is 5.84 Å². The smallest absolute Gasteiger partial charge is 0.303 e. The molecular formula is C26H30N8O2. The fraction of sp³-hybridized carbons (Fsp3) is 0.385. The van der Waals surface area contributed by atoms with Crippen LogP contribution in [0.25, 0.3) is 0 Å². The molecule has 10 nitrogen and oxygen atoms in total. The Morgan fingerprint density at radius 1 is 1.17 bits per heavy atom. The highest BCUT2D eigenvalue weighted by atomic mass is 16.3. The molecule has 5 rings (SSSR count). The minimum absolute atomic E-state index is 0.0606. The van der Waals surface area contributed by atoms with Crippen LogP contribution in [0.5, 0.6) is 5.75 Å². The van der Waals surface area contributed by atoms with Crippen molar-refractivity contribution in [2.75, 3.05) is 10.3 Å². The van der Waals surface area contributed by atoms with Crippen LogP contribution in [0.15, 0.2) is 46.5 Å². The Morgan fingerprint density at radius 3 is 2.75 bits per heavy atom. The number of carbonyl (C=O) groups is 1. The van der Waals surface area contributed by atoms with Crippen LogP contribution in [0.4, 0.5) is 11.4 Å². The molecule has 2 atom stereocenters. The summed E-state index contributed by atoms with van der Waals surface area (Å²) >= 11 is 0. The van der Waals surface area contributed by atoms with Crippen LogP contribution in [-0.4, -0.2) is 43.3 Å². The first-order chi connectivity index (χ1) is 17.5. The van der Waals surface area contributed by atoms with Gasteiger partial charge in [-0.05, 0) is 84.3 Å². The lowest BCUT2D eigenvalue weighted by Crippen LogP contribution is -2.33. The molecule has 1 fully saturated rings. The number of phenolic OH excluding ortho intramolecular Hbond substituents is 1. The monoisotopic (exact) mass is 486 g/mol. The van der Waals surface area contributed by atoms with Crippen LogP contribution >= 0.6 is 0 Å². The lowest BCUT2D eigenvalue weighted by atomic mass is 9.77. The standard InChI is InChI=1S/C26H30N8O2/c1-4-22-27-25(26(36)34(22)19-12-11-15(2)16(3)13-19)29-28-21-10-6-9-20(23(21)35)17-7-5-8-18(14-17)24-30-32-33-31-24/h6,9-13,17-18,28,35H,4-5,7-8,14H2,1-3H3,(H,30,31,32,33)/b29-25+. The number of benzene rings is 2. The van der Waals surface area contributed by atoms with Crippen molar-refractivity contribution < 1.29 is 9.90 Å². The molecule has 1 saturated carbocycles. The van der Waals surface area contributed by atoms with E-state index in [1.54, 1.807) is 11.0 Å². The van der Waals surface area contributed by atoms with E-state index >= 15 is 0 Å². The molecule has 1 amide bonds. The summed E-state index contributed by atoms with van der Waals surface area (Å²) in [7, 11) is 0. The number of nitrogens with zero attached hydrogens (tertiary/aromatic N) is 6. The van der Waals surface area contributed by atoms with E-state index in [2.05, 4.69) is 36.1 Å². The lowest BCUT2D eigenvalue weighted by molar-refractivity contribution is -0.111. The van der Waals surface area contributed by atoms with Gasteiger partial charge in [-0.2, -0.15) is 0 Å². The fourth-order valence-corrected chi connectivity index (χ4v) is 5.03. The number of hydrogen-bond donors (Lipinski definition) is 3. The van der Waals surface area contributed by atoms with E-state index in [-0.39, 0.29) is 29.3 Å². The Kier molecular flexibility index (Phi) is 6.49. The van der Waals surface area contributed by atoms with E-state index in [9.17, 15) is 9.90 Å². The van der Waals surface area contributed by atoms with Crippen LogP contribution in [0.2, 0.25) is 0 Å². The van der Waals surface area contributed by atoms with Gasteiger partial charge in [-0.15, -0.1) is 10.2 Å². The topological polar surface area (TPSA) is 132 Å². The molecule has 2 aromatic carbocycles. The van der Waals surface area contributed by atoms with Gasteiger partial charge in [-0.3, -0.25) is 15.1 Å². The molecule has 0 saturated heterocycles. The second-order valence-corrected chi connectivity index (χ2v) is 9.43. The first kappa shape index (κ1) is 23.7. The summed E-state index contributed by atoms with van der Waals surface area (Å²) in [6.07, 6.45) is 4.43. The van der Waals surface area contributed by atoms with Gasteiger partial charge in [-0.25, -0.2) is 10.1 Å². The summed E-state index contributed by atoms with van der Waals surface area (Å²) in [5.41, 5.74) is 7.21.